The Bertz CT molecular complexity index is 3720. The first-order valence-corrected chi connectivity index (χ1v) is 26.8. The van der Waals surface area contributed by atoms with E-state index in [0.29, 0.717) is 0 Å². The minimum atomic E-state index is -0.493. The Morgan fingerprint density at radius 2 is 1.03 bits per heavy atom. The molecule has 1 spiro atoms. The maximum Gasteiger partial charge on any atom is 0.343 e. The fourth-order valence-electron chi connectivity index (χ4n) is 13.8. The fraction of sp³-hybridized carbons (Fsp3) is 0.254. The third-order valence-electron chi connectivity index (χ3n) is 17.6. The average Bonchev–Trinajstić information content (AvgIpc) is 3.88. The van der Waals surface area contributed by atoms with Crippen molar-refractivity contribution < 1.29 is 0 Å². The number of thiophene rings is 1. The summed E-state index contributed by atoms with van der Waals surface area (Å²) in [5, 5.41) is 1.36. The summed E-state index contributed by atoms with van der Waals surface area (Å²) >= 11 is 2.05. The molecule has 9 aromatic rings. The number of hydrogen-bond acceptors (Lipinski definition) is 3. The molecule has 0 amide bonds. The summed E-state index contributed by atoms with van der Waals surface area (Å²) in [7, 11) is 0. The monoisotopic (exact) mass is 936 g/mol. The molecule has 0 unspecified atom stereocenters. The van der Waals surface area contributed by atoms with Crippen molar-refractivity contribution in [3.05, 3.63) is 208 Å². The summed E-state index contributed by atoms with van der Waals surface area (Å²) in [4.78, 5) is 5.56. The largest absolute Gasteiger partial charge is 0.375 e. The van der Waals surface area contributed by atoms with E-state index in [0.717, 1.165) is 0 Å². The molecule has 8 aromatic carbocycles. The van der Waals surface area contributed by atoms with Crippen LogP contribution in [0, 0.1) is 0 Å². The van der Waals surface area contributed by atoms with Crippen LogP contribution in [0.1, 0.15) is 127 Å². The Labute approximate surface area is 425 Å². The van der Waals surface area contributed by atoms with E-state index in [-0.39, 0.29) is 28.5 Å². The molecule has 3 aliphatic heterocycles. The molecule has 0 fully saturated rings. The van der Waals surface area contributed by atoms with E-state index in [4.69, 9.17) is 0 Å². The van der Waals surface area contributed by atoms with E-state index in [1.165, 1.54) is 139 Å². The van der Waals surface area contributed by atoms with Crippen molar-refractivity contribution in [1.82, 2.24) is 0 Å². The van der Waals surface area contributed by atoms with Crippen molar-refractivity contribution in [1.29, 1.82) is 0 Å². The molecule has 1 aromatic heterocycles. The van der Waals surface area contributed by atoms with Crippen molar-refractivity contribution in [3.63, 3.8) is 0 Å². The van der Waals surface area contributed by atoms with E-state index >= 15 is 0 Å². The highest BCUT2D eigenvalue weighted by molar-refractivity contribution is 7.32. The van der Waals surface area contributed by atoms with Crippen molar-refractivity contribution in [2.75, 3.05) is 9.71 Å². The van der Waals surface area contributed by atoms with Crippen LogP contribution in [0.25, 0.3) is 43.5 Å². The van der Waals surface area contributed by atoms with E-state index < -0.39 is 5.41 Å². The molecule has 14 rings (SSSR count). The first-order chi connectivity index (χ1) is 34.0. The molecule has 4 heteroatoms. The van der Waals surface area contributed by atoms with Crippen LogP contribution >= 0.6 is 11.3 Å². The highest BCUT2D eigenvalue weighted by atomic mass is 32.1. The number of para-hydroxylation sites is 2. The molecule has 5 aliphatic rings. The Morgan fingerprint density at radius 3 is 1.70 bits per heavy atom. The minimum absolute atomic E-state index is 0.0289. The number of fused-ring (bicyclic) bond motifs is 16. The molecule has 0 radical (unpaired) electrons. The topological polar surface area (TPSA) is 6.48 Å². The van der Waals surface area contributed by atoms with Gasteiger partial charge in [-0.15, -0.1) is 11.3 Å². The zero-order valence-electron chi connectivity index (χ0n) is 42.9. The van der Waals surface area contributed by atoms with Crippen LogP contribution in [0.15, 0.2) is 164 Å². The van der Waals surface area contributed by atoms with Gasteiger partial charge in [-0.2, -0.15) is 0 Å². The lowest BCUT2D eigenvalue weighted by molar-refractivity contribution is 0.332. The first-order valence-electron chi connectivity index (χ1n) is 26.0. The highest BCUT2D eigenvalue weighted by Gasteiger charge is 2.57. The predicted molar refractivity (Wildman–Crippen MR) is 305 cm³/mol. The van der Waals surface area contributed by atoms with Gasteiger partial charge in [-0.3, -0.25) is 0 Å². The standard InChI is InChI=1S/C67H61BN2S/c1-63(2,3)41-31-32-55(46(35-41)40-21-12-11-13-22-40)69-57-37-42(64(4,5)6)36-47-45-25-20-29-52-60(45)70(56-30-19-18-28-51(56)67(52)49-26-16-14-23-43(49)44-24-15-17-27-50(44)67)68(59(47)57)62-61(69)48-38-53-54(39-58(48)71-62)66(9,10)34-33-65(53,7)8/h11-32,35-39H,33-34H2,1-10H3. The second-order valence-corrected chi connectivity index (χ2v) is 25.8. The Kier molecular flexibility index (Phi) is 8.69. The van der Waals surface area contributed by atoms with Crippen molar-refractivity contribution >= 4 is 66.9 Å². The van der Waals surface area contributed by atoms with Gasteiger partial charge < -0.3 is 9.71 Å². The lowest BCUT2D eigenvalue weighted by Gasteiger charge is -2.52. The first kappa shape index (κ1) is 43.2. The maximum absolute atomic E-state index is 2.82. The summed E-state index contributed by atoms with van der Waals surface area (Å²) in [6.45, 7) is 24.1. The normalized spacial score (nSPS) is 17.0. The average molecular weight is 937 g/mol. The highest BCUT2D eigenvalue weighted by Crippen LogP contribution is 2.65. The Hall–Kier alpha value is -6.62. The van der Waals surface area contributed by atoms with Gasteiger partial charge in [-0.1, -0.05) is 197 Å². The number of nitrogens with zero attached hydrogens (tertiary/aromatic N) is 2. The molecule has 0 atom stereocenters. The zero-order chi connectivity index (χ0) is 48.7. The van der Waals surface area contributed by atoms with Crippen molar-refractivity contribution in [2.24, 2.45) is 0 Å². The Balaban J connectivity index is 1.16. The van der Waals surface area contributed by atoms with Gasteiger partial charge in [0.05, 0.1) is 16.8 Å². The quantitative estimate of drug-likeness (QED) is 0.159. The number of benzene rings is 8. The molecule has 0 bridgehead atoms. The van der Waals surface area contributed by atoms with Crippen molar-refractivity contribution in [3.8, 4) is 33.4 Å². The molecule has 0 saturated carbocycles. The Morgan fingerprint density at radius 1 is 0.451 bits per heavy atom. The van der Waals surface area contributed by atoms with E-state index in [9.17, 15) is 0 Å². The van der Waals surface area contributed by atoms with Gasteiger partial charge in [-0.05, 0) is 143 Å². The molecule has 2 aliphatic carbocycles. The molecule has 2 nitrogen and oxygen atoms in total. The van der Waals surface area contributed by atoms with E-state index in [1.54, 1.807) is 0 Å². The van der Waals surface area contributed by atoms with Gasteiger partial charge >= 0.3 is 6.85 Å². The van der Waals surface area contributed by atoms with Crippen LogP contribution < -0.4 is 20.0 Å². The number of rotatable bonds is 2. The van der Waals surface area contributed by atoms with E-state index in [2.05, 4.69) is 243 Å². The van der Waals surface area contributed by atoms with Gasteiger partial charge in [0.2, 0.25) is 0 Å². The maximum atomic E-state index is 2.82. The summed E-state index contributed by atoms with van der Waals surface area (Å²) in [6.07, 6.45) is 2.35. The molecular formula is C67H61BN2S. The second-order valence-electron chi connectivity index (χ2n) is 24.7. The van der Waals surface area contributed by atoms with Crippen LogP contribution in [0.4, 0.5) is 28.4 Å². The van der Waals surface area contributed by atoms with Gasteiger partial charge in [0, 0.05) is 43.1 Å². The molecule has 71 heavy (non-hydrogen) atoms. The smallest absolute Gasteiger partial charge is 0.343 e. The molecule has 348 valence electrons. The minimum Gasteiger partial charge on any atom is -0.375 e. The molecule has 0 saturated heterocycles. The predicted octanol–water partition coefficient (Wildman–Crippen LogP) is 16.9. The van der Waals surface area contributed by atoms with E-state index in [1.807, 2.05) is 11.3 Å². The molecule has 4 heterocycles. The van der Waals surface area contributed by atoms with Crippen LogP contribution in [-0.2, 0) is 27.1 Å². The van der Waals surface area contributed by atoms with Gasteiger partial charge in [0.15, 0.2) is 0 Å². The third-order valence-corrected chi connectivity index (χ3v) is 18.8. The number of hydrogen-bond donors (Lipinski definition) is 0. The van der Waals surface area contributed by atoms with Gasteiger partial charge in [-0.25, -0.2) is 0 Å². The van der Waals surface area contributed by atoms with Crippen LogP contribution in [0.5, 0.6) is 0 Å². The van der Waals surface area contributed by atoms with Crippen LogP contribution in [0.3, 0.4) is 0 Å². The van der Waals surface area contributed by atoms with Crippen molar-refractivity contribution in [2.45, 2.75) is 109 Å². The summed E-state index contributed by atoms with van der Waals surface area (Å²) < 4.78 is 2.79. The summed E-state index contributed by atoms with van der Waals surface area (Å²) in [6, 6.07) is 64.2. The zero-order valence-corrected chi connectivity index (χ0v) is 43.7. The van der Waals surface area contributed by atoms with Gasteiger partial charge in [0.25, 0.3) is 0 Å². The van der Waals surface area contributed by atoms with Crippen LogP contribution in [0.2, 0.25) is 0 Å². The molecular weight excluding hydrogens is 876 g/mol. The summed E-state index contributed by atoms with van der Waals surface area (Å²) in [5.74, 6) is 0. The van der Waals surface area contributed by atoms with Gasteiger partial charge in [0.1, 0.15) is 0 Å². The number of anilines is 5. The van der Waals surface area contributed by atoms with Crippen LogP contribution in [-0.4, -0.2) is 6.85 Å². The second kappa shape index (κ2) is 14.3. The lowest BCUT2D eigenvalue weighted by atomic mass is 9.44. The lowest BCUT2D eigenvalue weighted by Crippen LogP contribution is -2.62. The third kappa shape index (κ3) is 5.72. The summed E-state index contributed by atoms with van der Waals surface area (Å²) in [5.41, 5.74) is 26.3. The fourth-order valence-corrected chi connectivity index (χ4v) is 15.1. The molecule has 0 N–H and O–H groups in total. The SMILES string of the molecule is CC(C)(C)c1ccc(N2c3cc(C(C)(C)C)cc4c3B(c3sc5cc6c(cc5c32)C(C)(C)CCC6(C)C)N2c3ccccc3C3(c5ccccc5-c5ccccc53)c3cccc-4c32)c(-c2ccccc2)c1.